The van der Waals surface area contributed by atoms with E-state index in [4.69, 9.17) is 0 Å². The third-order valence-electron chi connectivity index (χ3n) is 1.29. The summed E-state index contributed by atoms with van der Waals surface area (Å²) in [6.07, 6.45) is 2.37. The highest BCUT2D eigenvalue weighted by Crippen LogP contribution is 2.00. The summed E-state index contributed by atoms with van der Waals surface area (Å²) < 4.78 is 9.25. The van der Waals surface area contributed by atoms with Crippen molar-refractivity contribution in [3.8, 4) is 0 Å². The van der Waals surface area contributed by atoms with Crippen LogP contribution in [0.3, 0.4) is 0 Å². The van der Waals surface area contributed by atoms with Crippen LogP contribution in [-0.4, -0.2) is 16.6 Å². The second-order valence-electron chi connectivity index (χ2n) is 2.12. The molecule has 0 fully saturated rings. The van der Waals surface area contributed by atoms with Gasteiger partial charge in [-0.1, -0.05) is 5.16 Å². The van der Waals surface area contributed by atoms with Crippen LogP contribution in [0.1, 0.15) is 12.1 Å². The number of rotatable bonds is 4. The third-order valence-corrected chi connectivity index (χ3v) is 1.52. The molecule has 0 aliphatic heterocycles. The van der Waals surface area contributed by atoms with Gasteiger partial charge >= 0.3 is 5.97 Å². The van der Waals surface area contributed by atoms with Crippen molar-refractivity contribution in [2.24, 2.45) is 0 Å². The molecule has 1 aromatic rings. The number of alkyl halides is 1. The molecule has 5 heteroatoms. The predicted octanol–water partition coefficient (Wildman–Crippen LogP) is 1.50. The number of aryl methyl sites for hydroxylation is 1. The summed E-state index contributed by atoms with van der Waals surface area (Å²) in [5.74, 6) is -0.241. The lowest BCUT2D eigenvalue weighted by Gasteiger charge is -1.97. The Balaban J connectivity index is 2.22. The molecular formula is C7H8BrNO3. The number of esters is 1. The molecule has 0 saturated carbocycles. The van der Waals surface area contributed by atoms with Crippen molar-refractivity contribution in [3.63, 3.8) is 0 Å². The van der Waals surface area contributed by atoms with Crippen molar-refractivity contribution in [1.29, 1.82) is 0 Å². The molecule has 0 N–H and O–H groups in total. The van der Waals surface area contributed by atoms with Crippen molar-refractivity contribution in [1.82, 2.24) is 5.16 Å². The van der Waals surface area contributed by atoms with E-state index in [1.54, 1.807) is 6.07 Å². The Bertz CT molecular complexity index is 235. The fourth-order valence-electron chi connectivity index (χ4n) is 0.730. The van der Waals surface area contributed by atoms with Crippen molar-refractivity contribution < 1.29 is 14.1 Å². The molecule has 0 amide bonds. The number of hydrogen-bond donors (Lipinski definition) is 0. The van der Waals surface area contributed by atoms with Gasteiger partial charge in [0.15, 0.2) is 0 Å². The topological polar surface area (TPSA) is 52.3 Å². The van der Waals surface area contributed by atoms with Crippen molar-refractivity contribution in [2.45, 2.75) is 12.8 Å². The summed E-state index contributed by atoms with van der Waals surface area (Å²) in [5, 5.41) is 3.65. The van der Waals surface area contributed by atoms with E-state index < -0.39 is 0 Å². The molecule has 0 saturated heterocycles. The first kappa shape index (κ1) is 9.25. The SMILES string of the molecule is O=C(CCc1ccon1)OCBr. The minimum atomic E-state index is -0.241. The molecule has 0 aromatic carbocycles. The third kappa shape index (κ3) is 3.04. The van der Waals surface area contributed by atoms with Gasteiger partial charge in [-0.05, 0) is 15.9 Å². The summed E-state index contributed by atoms with van der Waals surface area (Å²) in [4.78, 5) is 10.8. The molecule has 0 atom stereocenters. The van der Waals surface area contributed by atoms with Crippen LogP contribution in [0.2, 0.25) is 0 Å². The normalized spacial score (nSPS) is 9.75. The van der Waals surface area contributed by atoms with E-state index in [1.807, 2.05) is 0 Å². The number of carbonyl (C=O) groups is 1. The highest BCUT2D eigenvalue weighted by atomic mass is 79.9. The summed E-state index contributed by atoms with van der Waals surface area (Å²) >= 11 is 2.99. The van der Waals surface area contributed by atoms with Gasteiger partial charge in [0.2, 0.25) is 0 Å². The van der Waals surface area contributed by atoms with Gasteiger partial charge in [-0.3, -0.25) is 4.79 Å². The Kier molecular flexibility index (Phi) is 3.79. The molecule has 66 valence electrons. The minimum Gasteiger partial charge on any atom is -0.454 e. The van der Waals surface area contributed by atoms with E-state index in [9.17, 15) is 4.79 Å². The molecule has 0 unspecified atom stereocenters. The van der Waals surface area contributed by atoms with Crippen LogP contribution in [-0.2, 0) is 16.0 Å². The number of nitrogens with zero attached hydrogens (tertiary/aromatic N) is 1. The molecule has 4 nitrogen and oxygen atoms in total. The van der Waals surface area contributed by atoms with Crippen LogP contribution in [0.15, 0.2) is 16.9 Å². The molecule has 1 aromatic heterocycles. The van der Waals surface area contributed by atoms with Gasteiger partial charge in [-0.2, -0.15) is 0 Å². The zero-order valence-corrected chi connectivity index (χ0v) is 7.91. The van der Waals surface area contributed by atoms with Crippen molar-refractivity contribution in [2.75, 3.05) is 5.52 Å². The molecule has 0 aliphatic carbocycles. The Morgan fingerprint density at radius 3 is 3.17 bits per heavy atom. The number of ether oxygens (including phenoxy) is 1. The summed E-state index contributed by atoms with van der Waals surface area (Å²) in [6.45, 7) is 0. The standard InChI is InChI=1S/C7H8BrNO3/c8-5-11-7(10)2-1-6-3-4-12-9-6/h3-4H,1-2,5H2. The van der Waals surface area contributed by atoms with Crippen LogP contribution in [0, 0.1) is 0 Å². The average Bonchev–Trinajstić information content (AvgIpc) is 2.53. The molecule has 0 radical (unpaired) electrons. The van der Waals surface area contributed by atoms with Gasteiger partial charge in [0.25, 0.3) is 0 Å². The van der Waals surface area contributed by atoms with Gasteiger partial charge < -0.3 is 9.26 Å². The van der Waals surface area contributed by atoms with Crippen molar-refractivity contribution >= 4 is 21.9 Å². The Morgan fingerprint density at radius 1 is 1.75 bits per heavy atom. The molecule has 1 heterocycles. The molecule has 1 rings (SSSR count). The lowest BCUT2D eigenvalue weighted by molar-refractivity contribution is -0.141. The quantitative estimate of drug-likeness (QED) is 0.585. The van der Waals surface area contributed by atoms with E-state index >= 15 is 0 Å². The molecule has 0 aliphatic rings. The summed E-state index contributed by atoms with van der Waals surface area (Å²) in [5.41, 5.74) is 1.01. The number of aromatic nitrogens is 1. The summed E-state index contributed by atoms with van der Waals surface area (Å²) in [6, 6.07) is 1.72. The van der Waals surface area contributed by atoms with Crippen LogP contribution < -0.4 is 0 Å². The van der Waals surface area contributed by atoms with Crippen molar-refractivity contribution in [3.05, 3.63) is 18.0 Å². The van der Waals surface area contributed by atoms with Gasteiger partial charge in [0.1, 0.15) is 11.8 Å². The fraction of sp³-hybridized carbons (Fsp3) is 0.429. The lowest BCUT2D eigenvalue weighted by atomic mass is 10.2. The summed E-state index contributed by atoms with van der Waals surface area (Å²) in [7, 11) is 0. The first-order valence-corrected chi connectivity index (χ1v) is 4.56. The van der Waals surface area contributed by atoms with E-state index in [-0.39, 0.29) is 11.5 Å². The van der Waals surface area contributed by atoms with Gasteiger partial charge in [-0.15, -0.1) is 0 Å². The second kappa shape index (κ2) is 4.92. The zero-order valence-electron chi connectivity index (χ0n) is 6.33. The smallest absolute Gasteiger partial charge is 0.307 e. The largest absolute Gasteiger partial charge is 0.454 e. The highest BCUT2D eigenvalue weighted by molar-refractivity contribution is 9.09. The van der Waals surface area contributed by atoms with E-state index in [2.05, 4.69) is 30.3 Å². The monoisotopic (exact) mass is 233 g/mol. The van der Waals surface area contributed by atoms with E-state index in [0.717, 1.165) is 5.69 Å². The Morgan fingerprint density at radius 2 is 2.58 bits per heavy atom. The van der Waals surface area contributed by atoms with Crippen LogP contribution in [0.5, 0.6) is 0 Å². The fourth-order valence-corrected chi connectivity index (χ4v) is 0.985. The molecular weight excluding hydrogens is 226 g/mol. The number of carbonyl (C=O) groups excluding carboxylic acids is 1. The number of halogens is 1. The molecule has 0 bridgehead atoms. The van der Waals surface area contributed by atoms with Gasteiger partial charge in [-0.25, -0.2) is 0 Å². The second-order valence-corrected chi connectivity index (χ2v) is 2.57. The van der Waals surface area contributed by atoms with E-state index in [0.29, 0.717) is 12.8 Å². The zero-order chi connectivity index (χ0) is 8.81. The number of hydrogen-bond acceptors (Lipinski definition) is 4. The highest BCUT2D eigenvalue weighted by Gasteiger charge is 2.03. The first-order valence-electron chi connectivity index (χ1n) is 3.44. The Labute approximate surface area is 78.0 Å². The van der Waals surface area contributed by atoms with Crippen LogP contribution in [0.4, 0.5) is 0 Å². The maximum atomic E-state index is 10.8. The van der Waals surface area contributed by atoms with Crippen LogP contribution >= 0.6 is 15.9 Å². The maximum Gasteiger partial charge on any atom is 0.307 e. The molecule has 12 heavy (non-hydrogen) atoms. The van der Waals surface area contributed by atoms with E-state index in [1.165, 1.54) is 6.26 Å². The van der Waals surface area contributed by atoms with Crippen LogP contribution in [0.25, 0.3) is 0 Å². The Hall–Kier alpha value is -0.840. The predicted molar refractivity (Wildman–Crippen MR) is 44.7 cm³/mol. The minimum absolute atomic E-state index is 0.241. The lowest BCUT2D eigenvalue weighted by Crippen LogP contribution is -2.04. The molecule has 0 spiro atoms. The van der Waals surface area contributed by atoms with Gasteiger partial charge in [0, 0.05) is 12.5 Å². The first-order chi connectivity index (χ1) is 5.83. The van der Waals surface area contributed by atoms with Gasteiger partial charge in [0.05, 0.1) is 12.1 Å². The maximum absolute atomic E-state index is 10.8. The average molecular weight is 234 g/mol.